The molecule has 3 saturated carbocycles. The average Bonchev–Trinajstić information content (AvgIpc) is 2.69. The van der Waals surface area contributed by atoms with E-state index in [0.29, 0.717) is 25.9 Å². The summed E-state index contributed by atoms with van der Waals surface area (Å²) < 4.78 is 6.37. The van der Waals surface area contributed by atoms with Gasteiger partial charge in [-0.2, -0.15) is 5.26 Å². The molecule has 0 bridgehead atoms. The number of nitriles is 1. The number of ether oxygens (including phenoxy) is 1. The Kier molecular flexibility index (Phi) is 4.94. The van der Waals surface area contributed by atoms with Gasteiger partial charge in [-0.25, -0.2) is 0 Å². The second-order valence-electron chi connectivity index (χ2n) is 10.1. The summed E-state index contributed by atoms with van der Waals surface area (Å²) >= 11 is 0. The predicted molar refractivity (Wildman–Crippen MR) is 110 cm³/mol. The highest BCUT2D eigenvalue weighted by atomic mass is 16.5. The molecule has 0 heterocycles. The van der Waals surface area contributed by atoms with Gasteiger partial charge in [0.15, 0.2) is 5.78 Å². The van der Waals surface area contributed by atoms with Crippen molar-refractivity contribution in [3.8, 4) is 6.07 Å². The smallest absolute Gasteiger partial charge is 0.153 e. The van der Waals surface area contributed by atoms with Crippen molar-refractivity contribution >= 4 is 11.6 Å². The Hall–Kier alpha value is -1.99. The van der Waals surface area contributed by atoms with Gasteiger partial charge in [-0.05, 0) is 54.9 Å². The first-order valence-electron chi connectivity index (χ1n) is 10.9. The van der Waals surface area contributed by atoms with Crippen molar-refractivity contribution in [1.29, 1.82) is 5.26 Å². The third-order valence-corrected chi connectivity index (χ3v) is 8.40. The average molecular weight is 394 g/mol. The molecule has 0 amide bonds. The summed E-state index contributed by atoms with van der Waals surface area (Å²) in [4.78, 5) is 25.8. The summed E-state index contributed by atoms with van der Waals surface area (Å²) in [6, 6.07) is 12.6. The largest absolute Gasteiger partial charge is 0.371 e. The maximum Gasteiger partial charge on any atom is 0.153 e. The second-order valence-corrected chi connectivity index (χ2v) is 10.1. The molecule has 0 radical (unpaired) electrons. The van der Waals surface area contributed by atoms with Crippen LogP contribution in [0, 0.1) is 39.9 Å². The number of rotatable bonds is 3. The number of benzene rings is 1. The molecule has 3 aliphatic rings. The number of Topliss-reactive ketones (excluding diaryl/α,β-unsaturated/α-hetero) is 2. The molecular weight excluding hydrogens is 362 g/mol. The van der Waals surface area contributed by atoms with Crippen LogP contribution in [0.4, 0.5) is 0 Å². The molecule has 2 unspecified atom stereocenters. The van der Waals surface area contributed by atoms with Crippen molar-refractivity contribution in [3.63, 3.8) is 0 Å². The minimum absolute atomic E-state index is 0.0554. The Morgan fingerprint density at radius 2 is 1.83 bits per heavy atom. The number of carbonyl (C=O) groups is 2. The van der Waals surface area contributed by atoms with Gasteiger partial charge in [-0.3, -0.25) is 9.59 Å². The highest BCUT2D eigenvalue weighted by Crippen LogP contribution is 2.64. The van der Waals surface area contributed by atoms with Crippen molar-refractivity contribution < 1.29 is 14.3 Å². The number of hydrogen-bond acceptors (Lipinski definition) is 4. The van der Waals surface area contributed by atoms with E-state index in [1.54, 1.807) is 0 Å². The third-order valence-electron chi connectivity index (χ3n) is 8.40. The molecule has 3 fully saturated rings. The normalized spacial score (nSPS) is 41.9. The highest BCUT2D eigenvalue weighted by molar-refractivity contribution is 5.93. The zero-order chi connectivity index (χ0) is 20.9. The van der Waals surface area contributed by atoms with Gasteiger partial charge in [0.05, 0.1) is 18.3 Å². The van der Waals surface area contributed by atoms with Crippen LogP contribution >= 0.6 is 0 Å². The lowest BCUT2D eigenvalue weighted by Crippen LogP contribution is -2.62. The number of hydrogen-bond donors (Lipinski definition) is 0. The van der Waals surface area contributed by atoms with Crippen LogP contribution in [0.15, 0.2) is 30.3 Å². The fourth-order valence-corrected chi connectivity index (χ4v) is 6.50. The number of carbonyl (C=O) groups excluding carboxylic acids is 2. The minimum atomic E-state index is -0.988. The van der Waals surface area contributed by atoms with Crippen LogP contribution in [-0.4, -0.2) is 17.2 Å². The van der Waals surface area contributed by atoms with Gasteiger partial charge in [0.25, 0.3) is 0 Å². The molecule has 0 aliphatic heterocycles. The summed E-state index contributed by atoms with van der Waals surface area (Å²) in [7, 11) is 0. The first-order valence-corrected chi connectivity index (χ1v) is 10.9. The summed E-state index contributed by atoms with van der Waals surface area (Å²) in [6.45, 7) is 6.87. The minimum Gasteiger partial charge on any atom is -0.371 e. The molecular formula is C25H31NO3. The van der Waals surface area contributed by atoms with Crippen molar-refractivity contribution in [2.75, 3.05) is 0 Å². The maximum absolute atomic E-state index is 13.3. The van der Waals surface area contributed by atoms with E-state index in [9.17, 15) is 14.9 Å². The molecule has 4 heteroatoms. The summed E-state index contributed by atoms with van der Waals surface area (Å²) in [6.07, 6.45) is 3.75. The molecule has 0 N–H and O–H groups in total. The summed E-state index contributed by atoms with van der Waals surface area (Å²) in [5.41, 5.74) is -0.282. The van der Waals surface area contributed by atoms with Crippen LogP contribution in [0.1, 0.15) is 64.9 Å². The van der Waals surface area contributed by atoms with Crippen molar-refractivity contribution in [1.82, 2.24) is 0 Å². The van der Waals surface area contributed by atoms with Gasteiger partial charge in [-0.1, -0.05) is 44.2 Å². The third kappa shape index (κ3) is 3.15. The molecule has 0 saturated heterocycles. The zero-order valence-electron chi connectivity index (χ0n) is 17.7. The first-order chi connectivity index (χ1) is 13.7. The number of nitrogens with zero attached hydrogens (tertiary/aromatic N) is 1. The van der Waals surface area contributed by atoms with E-state index in [2.05, 4.69) is 32.0 Å². The molecule has 4 nitrogen and oxygen atoms in total. The molecule has 3 aliphatic carbocycles. The predicted octanol–water partition coefficient (Wildman–Crippen LogP) is 4.87. The Balaban J connectivity index is 1.58. The molecule has 0 aromatic heterocycles. The van der Waals surface area contributed by atoms with Gasteiger partial charge < -0.3 is 4.74 Å². The standard InChI is InChI=1S/C25H31NO3/c1-17-11-20(27)13-21-24(3)10-9-23(2,29-15-18-7-5-4-6-8-18)14-19(24)12-22(28)25(17,21)16-26/h4-8,17,19,21H,9-15H2,1-3H3/t17-,19?,21?,23+,24+,25+/m1/s1. The first kappa shape index (κ1) is 20.3. The van der Waals surface area contributed by atoms with E-state index >= 15 is 0 Å². The van der Waals surface area contributed by atoms with Gasteiger partial charge in [0, 0.05) is 19.3 Å². The lowest BCUT2D eigenvalue weighted by Gasteiger charge is -2.61. The zero-order valence-corrected chi connectivity index (χ0v) is 17.7. The Morgan fingerprint density at radius 3 is 2.52 bits per heavy atom. The van der Waals surface area contributed by atoms with Crippen molar-refractivity contribution in [3.05, 3.63) is 35.9 Å². The number of fused-ring (bicyclic) bond motifs is 3. The van der Waals surface area contributed by atoms with Crippen LogP contribution in [0.25, 0.3) is 0 Å². The van der Waals surface area contributed by atoms with Crippen LogP contribution in [0.2, 0.25) is 0 Å². The van der Waals surface area contributed by atoms with E-state index in [-0.39, 0.29) is 40.3 Å². The second kappa shape index (κ2) is 7.06. The monoisotopic (exact) mass is 393 g/mol. The van der Waals surface area contributed by atoms with Gasteiger partial charge in [0.2, 0.25) is 0 Å². The molecule has 29 heavy (non-hydrogen) atoms. The lowest BCUT2D eigenvalue weighted by molar-refractivity contribution is -0.178. The van der Waals surface area contributed by atoms with E-state index in [4.69, 9.17) is 4.74 Å². The van der Waals surface area contributed by atoms with Gasteiger partial charge in [-0.15, -0.1) is 0 Å². The number of ketones is 2. The molecule has 0 spiro atoms. The van der Waals surface area contributed by atoms with Crippen LogP contribution in [0.5, 0.6) is 0 Å². The quantitative estimate of drug-likeness (QED) is 0.735. The topological polar surface area (TPSA) is 67.2 Å². The van der Waals surface area contributed by atoms with Gasteiger partial charge in [0.1, 0.15) is 11.2 Å². The van der Waals surface area contributed by atoms with E-state index < -0.39 is 5.41 Å². The molecule has 4 rings (SSSR count). The molecule has 1 aromatic carbocycles. The lowest BCUT2D eigenvalue weighted by atomic mass is 9.41. The molecule has 154 valence electrons. The Bertz CT molecular complexity index is 859. The van der Waals surface area contributed by atoms with Crippen molar-refractivity contribution in [2.45, 2.75) is 71.5 Å². The van der Waals surface area contributed by atoms with Crippen LogP contribution in [-0.2, 0) is 20.9 Å². The van der Waals surface area contributed by atoms with E-state index in [1.165, 1.54) is 0 Å². The Labute approximate surface area is 173 Å². The maximum atomic E-state index is 13.3. The van der Waals surface area contributed by atoms with Gasteiger partial charge >= 0.3 is 0 Å². The summed E-state index contributed by atoms with van der Waals surface area (Å²) in [5.74, 6) is 0.0680. The van der Waals surface area contributed by atoms with Crippen LogP contribution in [0.3, 0.4) is 0 Å². The highest BCUT2D eigenvalue weighted by Gasteiger charge is 2.66. The molecule has 6 atom stereocenters. The fraction of sp³-hybridized carbons (Fsp3) is 0.640. The molecule has 1 aromatic rings. The Morgan fingerprint density at radius 1 is 1.10 bits per heavy atom. The van der Waals surface area contributed by atoms with Crippen LogP contribution < -0.4 is 0 Å². The SMILES string of the molecule is C[C@@H]1CC(=O)CC2[C@@]3(C)CC[C@](C)(OCc4ccccc4)CC3CC(=O)[C@]21C#N. The van der Waals surface area contributed by atoms with E-state index in [0.717, 1.165) is 24.8 Å². The summed E-state index contributed by atoms with van der Waals surface area (Å²) in [5, 5.41) is 10.1. The fourth-order valence-electron chi connectivity index (χ4n) is 6.50. The van der Waals surface area contributed by atoms with Crippen molar-refractivity contribution in [2.24, 2.45) is 28.6 Å². The van der Waals surface area contributed by atoms with E-state index in [1.807, 2.05) is 25.1 Å².